The lowest BCUT2D eigenvalue weighted by Crippen LogP contribution is -2.34. The summed E-state index contributed by atoms with van der Waals surface area (Å²) in [6.07, 6.45) is 3.41. The summed E-state index contributed by atoms with van der Waals surface area (Å²) in [7, 11) is 0. The second kappa shape index (κ2) is 11.0. The summed E-state index contributed by atoms with van der Waals surface area (Å²) in [5.41, 5.74) is 2.76. The molecule has 0 bridgehead atoms. The molecule has 188 valence electrons. The predicted octanol–water partition coefficient (Wildman–Crippen LogP) is 4.31. The highest BCUT2D eigenvalue weighted by atomic mass is 35.5. The van der Waals surface area contributed by atoms with Gasteiger partial charge in [-0.05, 0) is 74.8 Å². The van der Waals surface area contributed by atoms with E-state index in [2.05, 4.69) is 35.9 Å². The number of ether oxygens (including phenoxy) is 1. The molecule has 1 aliphatic rings. The largest absolute Gasteiger partial charge is 0.490 e. The summed E-state index contributed by atoms with van der Waals surface area (Å²) in [5, 5.41) is 9.34. The number of amides is 2. The van der Waals surface area contributed by atoms with E-state index in [0.29, 0.717) is 21.7 Å². The van der Waals surface area contributed by atoms with E-state index in [9.17, 15) is 9.59 Å². The maximum atomic E-state index is 12.9. The summed E-state index contributed by atoms with van der Waals surface area (Å²) < 4.78 is 6.06. The number of hydrogen-bond acceptors (Lipinski definition) is 6. The van der Waals surface area contributed by atoms with Gasteiger partial charge in [0.2, 0.25) is 5.95 Å². The van der Waals surface area contributed by atoms with Crippen molar-refractivity contribution in [3.8, 4) is 5.75 Å². The molecule has 1 saturated heterocycles. The minimum absolute atomic E-state index is 0. The van der Waals surface area contributed by atoms with Gasteiger partial charge in [0.25, 0.3) is 11.8 Å². The molecule has 5 N–H and O–H groups in total. The Hall–Kier alpha value is -3.60. The first-order chi connectivity index (χ1) is 17.0. The number of carbonyl (C=O) groups excluding carboxylic acids is 2. The highest BCUT2D eigenvalue weighted by molar-refractivity contribution is 6.31. The van der Waals surface area contributed by atoms with Crippen LogP contribution in [-0.4, -0.2) is 50.9 Å². The second-order valence-corrected chi connectivity index (χ2v) is 8.76. The van der Waals surface area contributed by atoms with Crippen LogP contribution in [0.4, 0.5) is 11.6 Å². The molecule has 0 spiro atoms. The molecular formula is C24H25Cl2N7O3. The van der Waals surface area contributed by atoms with E-state index in [-0.39, 0.29) is 35.8 Å². The van der Waals surface area contributed by atoms with Crippen molar-refractivity contribution in [1.29, 1.82) is 0 Å². The minimum Gasteiger partial charge on any atom is -0.490 e. The van der Waals surface area contributed by atoms with Crippen LogP contribution < -0.4 is 20.7 Å². The van der Waals surface area contributed by atoms with Crippen molar-refractivity contribution >= 4 is 58.5 Å². The number of benzene rings is 2. The molecule has 4 aromatic rings. The maximum absolute atomic E-state index is 12.9. The fourth-order valence-electron chi connectivity index (χ4n) is 3.99. The number of hydrogen-bond donors (Lipinski definition) is 5. The average molecular weight is 530 g/mol. The van der Waals surface area contributed by atoms with Crippen molar-refractivity contribution in [3.63, 3.8) is 0 Å². The summed E-state index contributed by atoms with van der Waals surface area (Å²) in [4.78, 5) is 39.8. The maximum Gasteiger partial charge on any atom is 0.276 e. The summed E-state index contributed by atoms with van der Waals surface area (Å²) in [5.74, 6) is -0.0732. The van der Waals surface area contributed by atoms with E-state index in [1.165, 1.54) is 6.33 Å². The zero-order valence-corrected chi connectivity index (χ0v) is 20.9. The average Bonchev–Trinajstić information content (AvgIpc) is 3.48. The molecule has 36 heavy (non-hydrogen) atoms. The van der Waals surface area contributed by atoms with Crippen molar-refractivity contribution < 1.29 is 14.3 Å². The van der Waals surface area contributed by atoms with Gasteiger partial charge in [0, 0.05) is 10.7 Å². The number of fused-ring (bicyclic) bond motifs is 1. The predicted molar refractivity (Wildman–Crippen MR) is 141 cm³/mol. The number of halogens is 2. The number of H-pyrrole nitrogens is 2. The van der Waals surface area contributed by atoms with Gasteiger partial charge >= 0.3 is 0 Å². The molecule has 2 aromatic heterocycles. The van der Waals surface area contributed by atoms with Crippen LogP contribution in [0, 0.1) is 6.92 Å². The van der Waals surface area contributed by atoms with Gasteiger partial charge in [-0.1, -0.05) is 11.6 Å². The molecular weight excluding hydrogens is 505 g/mol. The molecule has 1 aliphatic heterocycles. The van der Waals surface area contributed by atoms with Gasteiger partial charge in [-0.2, -0.15) is 0 Å². The molecule has 2 aromatic carbocycles. The molecule has 10 nitrogen and oxygen atoms in total. The summed E-state index contributed by atoms with van der Waals surface area (Å²) in [6.45, 7) is 3.78. The van der Waals surface area contributed by atoms with Crippen LogP contribution in [-0.2, 0) is 0 Å². The molecule has 0 aliphatic carbocycles. The molecule has 0 saturated carbocycles. The standard InChI is InChI=1S/C24H24ClN7O3.ClH/c1-13-10-16(35-15-6-8-26-9-7-15)3-5-17(13)29-22(33)20-21(28-12-27-20)23(34)32-24-30-18-4-2-14(25)11-19(18)31-24;/h2-5,10-12,15,26H,6-9H2,1H3,(H,27,28)(H,29,33)(H2,30,31,32,34);1H. The third-order valence-corrected chi connectivity index (χ3v) is 6.03. The minimum atomic E-state index is -0.555. The summed E-state index contributed by atoms with van der Waals surface area (Å²) >= 11 is 6.00. The highest BCUT2D eigenvalue weighted by Gasteiger charge is 2.22. The Morgan fingerprint density at radius 2 is 1.89 bits per heavy atom. The molecule has 2 amide bonds. The van der Waals surface area contributed by atoms with Gasteiger partial charge < -0.3 is 25.3 Å². The summed E-state index contributed by atoms with van der Waals surface area (Å²) in [6, 6.07) is 10.7. The Labute approximate surface area is 218 Å². The first kappa shape index (κ1) is 25.5. The van der Waals surface area contributed by atoms with E-state index in [0.717, 1.165) is 37.2 Å². The van der Waals surface area contributed by atoms with E-state index < -0.39 is 11.8 Å². The molecule has 0 atom stereocenters. The first-order valence-corrected chi connectivity index (χ1v) is 11.6. The number of aromatic amines is 2. The van der Waals surface area contributed by atoms with Crippen LogP contribution in [0.15, 0.2) is 42.7 Å². The highest BCUT2D eigenvalue weighted by Crippen LogP contribution is 2.25. The van der Waals surface area contributed by atoms with E-state index >= 15 is 0 Å². The third kappa shape index (κ3) is 5.62. The van der Waals surface area contributed by atoms with Crippen molar-refractivity contribution in [1.82, 2.24) is 25.3 Å². The zero-order valence-electron chi connectivity index (χ0n) is 19.4. The number of rotatable bonds is 6. The van der Waals surface area contributed by atoms with E-state index in [4.69, 9.17) is 16.3 Å². The quantitative estimate of drug-likeness (QED) is 0.252. The SMILES string of the molecule is Cc1cc(OC2CCNCC2)ccc1NC(=O)c1nc[nH]c1C(=O)Nc1nc2ccc(Cl)cc2[nH]1.Cl. The number of aryl methyl sites for hydroxylation is 1. The Balaban J connectivity index is 0.00000304. The number of aromatic nitrogens is 4. The van der Waals surface area contributed by atoms with Gasteiger partial charge in [-0.15, -0.1) is 12.4 Å². The lowest BCUT2D eigenvalue weighted by molar-refractivity contribution is 0.0985. The van der Waals surface area contributed by atoms with Crippen LogP contribution >= 0.6 is 24.0 Å². The monoisotopic (exact) mass is 529 g/mol. The fraction of sp³-hybridized carbons (Fsp3) is 0.250. The second-order valence-electron chi connectivity index (χ2n) is 8.33. The third-order valence-electron chi connectivity index (χ3n) is 5.79. The van der Waals surface area contributed by atoms with Crippen LogP contribution in [0.3, 0.4) is 0 Å². The number of nitrogens with zero attached hydrogens (tertiary/aromatic N) is 2. The van der Waals surface area contributed by atoms with Crippen molar-refractivity contribution in [2.75, 3.05) is 23.7 Å². The van der Waals surface area contributed by atoms with E-state index in [1.54, 1.807) is 24.3 Å². The lowest BCUT2D eigenvalue weighted by Gasteiger charge is -2.24. The van der Waals surface area contributed by atoms with Gasteiger partial charge in [-0.3, -0.25) is 14.9 Å². The van der Waals surface area contributed by atoms with Crippen LogP contribution in [0.25, 0.3) is 11.0 Å². The fourth-order valence-corrected chi connectivity index (χ4v) is 4.16. The molecule has 12 heteroatoms. The smallest absolute Gasteiger partial charge is 0.276 e. The molecule has 0 radical (unpaired) electrons. The van der Waals surface area contributed by atoms with Gasteiger partial charge in [-0.25, -0.2) is 9.97 Å². The Morgan fingerprint density at radius 1 is 1.08 bits per heavy atom. The first-order valence-electron chi connectivity index (χ1n) is 11.3. The molecule has 1 fully saturated rings. The number of piperidine rings is 1. The topological polar surface area (TPSA) is 137 Å². The van der Waals surface area contributed by atoms with Crippen molar-refractivity contribution in [2.24, 2.45) is 0 Å². The molecule has 3 heterocycles. The van der Waals surface area contributed by atoms with Crippen LogP contribution in [0.2, 0.25) is 5.02 Å². The number of anilines is 2. The van der Waals surface area contributed by atoms with E-state index in [1.807, 2.05) is 19.1 Å². The Morgan fingerprint density at radius 3 is 2.67 bits per heavy atom. The number of nitrogens with one attached hydrogen (secondary N) is 5. The molecule has 0 unspecified atom stereocenters. The normalized spacial score (nSPS) is 13.7. The van der Waals surface area contributed by atoms with Crippen LogP contribution in [0.5, 0.6) is 5.75 Å². The Bertz CT molecular complexity index is 1400. The van der Waals surface area contributed by atoms with Gasteiger partial charge in [0.1, 0.15) is 17.5 Å². The van der Waals surface area contributed by atoms with Crippen LogP contribution in [0.1, 0.15) is 39.4 Å². The molecule has 5 rings (SSSR count). The number of carbonyl (C=O) groups is 2. The Kier molecular flexibility index (Phi) is 7.78. The zero-order chi connectivity index (χ0) is 24.4. The number of imidazole rings is 2. The van der Waals surface area contributed by atoms with Gasteiger partial charge in [0.15, 0.2) is 5.69 Å². The van der Waals surface area contributed by atoms with Crippen molar-refractivity contribution in [3.05, 3.63) is 64.7 Å². The lowest BCUT2D eigenvalue weighted by atomic mass is 10.1. The van der Waals surface area contributed by atoms with Crippen molar-refractivity contribution in [2.45, 2.75) is 25.9 Å². The van der Waals surface area contributed by atoms with Gasteiger partial charge in [0.05, 0.1) is 17.4 Å².